The number of carbonyl (C=O) groups excluding carboxylic acids is 1. The molecule has 3 aromatic rings. The number of para-hydroxylation sites is 1. The van der Waals surface area contributed by atoms with E-state index in [2.05, 4.69) is 27.8 Å². The maximum Gasteiger partial charge on any atom is 0.196 e. The number of carbonyl (C=O) groups is 1. The molecule has 1 aliphatic heterocycles. The molecule has 0 aliphatic carbocycles. The van der Waals surface area contributed by atoms with Crippen LogP contribution in [0.25, 0.3) is 10.9 Å². The zero-order valence-corrected chi connectivity index (χ0v) is 17.6. The van der Waals surface area contributed by atoms with Gasteiger partial charge in [-0.1, -0.05) is 25.1 Å². The van der Waals surface area contributed by atoms with E-state index in [9.17, 15) is 4.79 Å². The number of anilines is 1. The molecule has 2 heterocycles. The van der Waals surface area contributed by atoms with Crippen LogP contribution in [0.4, 0.5) is 5.69 Å². The Morgan fingerprint density at radius 2 is 1.72 bits per heavy atom. The second-order valence-corrected chi connectivity index (χ2v) is 7.02. The molecule has 2 aromatic carbocycles. The average molecular weight is 412 g/mol. The molecule has 0 N–H and O–H groups in total. The number of aromatic nitrogens is 1. The number of methoxy groups -OCH3 is 1. The van der Waals surface area contributed by atoms with Crippen LogP contribution in [0.5, 0.6) is 5.75 Å². The molecule has 152 valence electrons. The Labute approximate surface area is 177 Å². The molecule has 1 saturated heterocycles. The smallest absolute Gasteiger partial charge is 0.196 e. The average Bonchev–Trinajstić information content (AvgIpc) is 2.78. The van der Waals surface area contributed by atoms with Crippen molar-refractivity contribution in [3.63, 3.8) is 0 Å². The first-order chi connectivity index (χ1) is 13.7. The number of benzene rings is 2. The van der Waals surface area contributed by atoms with Gasteiger partial charge in [-0.25, -0.2) is 0 Å². The molecular formula is C23H26ClN3O2. The van der Waals surface area contributed by atoms with Crippen molar-refractivity contribution in [1.82, 2.24) is 9.88 Å². The Kier molecular flexibility index (Phi) is 6.72. The topological polar surface area (TPSA) is 45.7 Å². The van der Waals surface area contributed by atoms with Gasteiger partial charge >= 0.3 is 0 Å². The number of halogens is 1. The monoisotopic (exact) mass is 411 g/mol. The summed E-state index contributed by atoms with van der Waals surface area (Å²) in [6, 6.07) is 15.3. The van der Waals surface area contributed by atoms with E-state index in [1.54, 1.807) is 13.3 Å². The van der Waals surface area contributed by atoms with Gasteiger partial charge < -0.3 is 14.5 Å². The van der Waals surface area contributed by atoms with Crippen LogP contribution in [0, 0.1) is 0 Å². The van der Waals surface area contributed by atoms with Crippen LogP contribution in [0.3, 0.4) is 0 Å². The van der Waals surface area contributed by atoms with E-state index < -0.39 is 0 Å². The molecule has 1 aromatic heterocycles. The van der Waals surface area contributed by atoms with Gasteiger partial charge in [0.25, 0.3) is 0 Å². The predicted octanol–water partition coefficient (Wildman–Crippen LogP) is 4.04. The number of hydrogen-bond donors (Lipinski definition) is 0. The zero-order valence-electron chi connectivity index (χ0n) is 16.8. The molecule has 0 bridgehead atoms. The van der Waals surface area contributed by atoms with Gasteiger partial charge in [-0.05, 0) is 36.9 Å². The van der Waals surface area contributed by atoms with Crippen molar-refractivity contribution in [2.75, 3.05) is 44.7 Å². The standard InChI is InChI=1S/C23H25N3O2.ClH/c1-3-25-12-14-26(15-13-25)22-19-6-4-5-7-21(19)24-16-20(22)23(27)17-8-10-18(28-2)11-9-17;/h4-11,16H,3,12-15H2,1-2H3;1H. The molecule has 5 nitrogen and oxygen atoms in total. The lowest BCUT2D eigenvalue weighted by molar-refractivity contribution is 0.103. The van der Waals surface area contributed by atoms with E-state index in [0.717, 1.165) is 55.1 Å². The van der Waals surface area contributed by atoms with Crippen molar-refractivity contribution >= 4 is 34.8 Å². The van der Waals surface area contributed by atoms with E-state index in [1.807, 2.05) is 42.5 Å². The summed E-state index contributed by atoms with van der Waals surface area (Å²) < 4.78 is 5.22. The minimum atomic E-state index is -0.00572. The van der Waals surface area contributed by atoms with E-state index in [1.165, 1.54) is 0 Å². The number of piperazine rings is 1. The first-order valence-electron chi connectivity index (χ1n) is 9.75. The zero-order chi connectivity index (χ0) is 19.5. The van der Waals surface area contributed by atoms with Gasteiger partial charge in [0.05, 0.1) is 23.9 Å². The van der Waals surface area contributed by atoms with Gasteiger partial charge in [0, 0.05) is 43.3 Å². The number of pyridine rings is 1. The number of rotatable bonds is 5. The van der Waals surface area contributed by atoms with Crippen molar-refractivity contribution in [2.45, 2.75) is 6.92 Å². The molecule has 29 heavy (non-hydrogen) atoms. The number of nitrogens with zero attached hydrogens (tertiary/aromatic N) is 3. The largest absolute Gasteiger partial charge is 0.497 e. The SMILES string of the molecule is CCN1CCN(c2c(C(=O)c3ccc(OC)cc3)cnc3ccccc23)CC1.Cl. The van der Waals surface area contributed by atoms with Crippen molar-refractivity contribution in [3.05, 3.63) is 65.9 Å². The summed E-state index contributed by atoms with van der Waals surface area (Å²) in [7, 11) is 1.62. The lowest BCUT2D eigenvalue weighted by Crippen LogP contribution is -2.46. The van der Waals surface area contributed by atoms with E-state index in [0.29, 0.717) is 11.1 Å². The number of fused-ring (bicyclic) bond motifs is 1. The van der Waals surface area contributed by atoms with Crippen molar-refractivity contribution in [2.24, 2.45) is 0 Å². The number of ketones is 1. The molecule has 0 saturated carbocycles. The van der Waals surface area contributed by atoms with Crippen LogP contribution in [0.15, 0.2) is 54.7 Å². The molecule has 0 amide bonds. The van der Waals surface area contributed by atoms with Gasteiger partial charge in [-0.3, -0.25) is 9.78 Å². The van der Waals surface area contributed by atoms with Gasteiger partial charge in [-0.15, -0.1) is 12.4 Å². The fraction of sp³-hybridized carbons (Fsp3) is 0.304. The highest BCUT2D eigenvalue weighted by molar-refractivity contribution is 6.16. The number of likely N-dealkylation sites (N-methyl/N-ethyl adjacent to an activating group) is 1. The molecule has 0 spiro atoms. The molecular weight excluding hydrogens is 386 g/mol. The highest BCUT2D eigenvalue weighted by atomic mass is 35.5. The summed E-state index contributed by atoms with van der Waals surface area (Å²) in [6.45, 7) is 7.07. The summed E-state index contributed by atoms with van der Waals surface area (Å²) >= 11 is 0. The van der Waals surface area contributed by atoms with E-state index in [4.69, 9.17) is 4.74 Å². The van der Waals surface area contributed by atoms with E-state index >= 15 is 0 Å². The fourth-order valence-corrected chi connectivity index (χ4v) is 3.82. The molecule has 4 rings (SSSR count). The van der Waals surface area contributed by atoms with Crippen molar-refractivity contribution in [1.29, 1.82) is 0 Å². The highest BCUT2D eigenvalue weighted by Gasteiger charge is 2.24. The second kappa shape index (κ2) is 9.25. The third-order valence-electron chi connectivity index (χ3n) is 5.48. The van der Waals surface area contributed by atoms with Gasteiger partial charge in [-0.2, -0.15) is 0 Å². The molecule has 6 heteroatoms. The first kappa shape index (κ1) is 21.1. The molecule has 1 aliphatic rings. The van der Waals surface area contributed by atoms with Gasteiger partial charge in [0.15, 0.2) is 5.78 Å². The Morgan fingerprint density at radius 3 is 2.38 bits per heavy atom. The van der Waals surface area contributed by atoms with Crippen molar-refractivity contribution in [3.8, 4) is 5.75 Å². The molecule has 0 radical (unpaired) electrons. The summed E-state index contributed by atoms with van der Waals surface area (Å²) in [5.41, 5.74) is 3.23. The van der Waals surface area contributed by atoms with Crippen LogP contribution in [0.2, 0.25) is 0 Å². The Morgan fingerprint density at radius 1 is 1.03 bits per heavy atom. The summed E-state index contributed by atoms with van der Waals surface area (Å²) in [5, 5.41) is 1.03. The molecule has 0 atom stereocenters. The minimum absolute atomic E-state index is 0. The van der Waals surface area contributed by atoms with Crippen LogP contribution in [-0.2, 0) is 0 Å². The Hall–Kier alpha value is -2.63. The van der Waals surface area contributed by atoms with Crippen LogP contribution >= 0.6 is 12.4 Å². The normalized spacial score (nSPS) is 14.5. The third-order valence-corrected chi connectivity index (χ3v) is 5.48. The lowest BCUT2D eigenvalue weighted by Gasteiger charge is -2.36. The maximum absolute atomic E-state index is 13.4. The predicted molar refractivity (Wildman–Crippen MR) is 120 cm³/mol. The summed E-state index contributed by atoms with van der Waals surface area (Å²) in [6.07, 6.45) is 1.73. The number of hydrogen-bond acceptors (Lipinski definition) is 5. The Balaban J connectivity index is 0.00000240. The van der Waals surface area contributed by atoms with Gasteiger partial charge in [0.1, 0.15) is 5.75 Å². The molecule has 0 unspecified atom stereocenters. The van der Waals surface area contributed by atoms with Crippen molar-refractivity contribution < 1.29 is 9.53 Å². The minimum Gasteiger partial charge on any atom is -0.497 e. The van der Waals surface area contributed by atoms with Crippen LogP contribution in [-0.4, -0.2) is 55.5 Å². The first-order valence-corrected chi connectivity index (χ1v) is 9.75. The van der Waals surface area contributed by atoms with Crippen LogP contribution < -0.4 is 9.64 Å². The second-order valence-electron chi connectivity index (χ2n) is 7.02. The number of ether oxygens (including phenoxy) is 1. The summed E-state index contributed by atoms with van der Waals surface area (Å²) in [5.74, 6) is 0.734. The van der Waals surface area contributed by atoms with E-state index in [-0.39, 0.29) is 18.2 Å². The van der Waals surface area contributed by atoms with Gasteiger partial charge in [0.2, 0.25) is 0 Å². The Bertz CT molecular complexity index is 983. The van der Waals surface area contributed by atoms with Crippen LogP contribution in [0.1, 0.15) is 22.8 Å². The summed E-state index contributed by atoms with van der Waals surface area (Å²) in [4.78, 5) is 22.7. The quantitative estimate of drug-likeness (QED) is 0.593. The fourth-order valence-electron chi connectivity index (χ4n) is 3.82. The highest BCUT2D eigenvalue weighted by Crippen LogP contribution is 2.32. The third kappa shape index (κ3) is 4.21. The lowest BCUT2D eigenvalue weighted by atomic mass is 9.99. The maximum atomic E-state index is 13.4. The molecule has 1 fully saturated rings.